The van der Waals surface area contributed by atoms with Crippen LogP contribution in [0.2, 0.25) is 0 Å². The molecule has 1 aliphatic heterocycles. The quantitative estimate of drug-likeness (QED) is 0.477. The molecule has 0 unspecified atom stereocenters. The van der Waals surface area contributed by atoms with Crippen molar-refractivity contribution in [1.82, 2.24) is 9.88 Å². The summed E-state index contributed by atoms with van der Waals surface area (Å²) in [5.74, 6) is 0.470. The van der Waals surface area contributed by atoms with Gasteiger partial charge in [-0.05, 0) is 12.1 Å². The van der Waals surface area contributed by atoms with E-state index in [9.17, 15) is 19.7 Å². The number of carbonyl (C=O) groups is 2. The molecule has 8 nitrogen and oxygen atoms in total. The number of anilines is 1. The second-order valence-corrected chi connectivity index (χ2v) is 8.35. The first kappa shape index (κ1) is 20.0. The highest BCUT2D eigenvalue weighted by atomic mass is 32.2. The Morgan fingerprint density at radius 1 is 1.17 bits per heavy atom. The average molecular weight is 441 g/mol. The molecule has 0 radical (unpaired) electrons. The van der Waals surface area contributed by atoms with E-state index in [1.807, 2.05) is 6.07 Å². The Labute approximate surface area is 180 Å². The molecule has 1 saturated heterocycles. The highest BCUT2D eigenvalue weighted by molar-refractivity contribution is 7.99. The normalized spacial score (nSPS) is 15.7. The topological polar surface area (TPSA) is 105 Å². The predicted molar refractivity (Wildman–Crippen MR) is 117 cm³/mol. The Kier molecular flexibility index (Phi) is 5.77. The lowest BCUT2D eigenvalue weighted by molar-refractivity contribution is -0.384. The summed E-state index contributed by atoms with van der Waals surface area (Å²) in [4.78, 5) is 42.0. The van der Waals surface area contributed by atoms with Gasteiger partial charge in [-0.15, -0.1) is 23.1 Å². The average Bonchev–Trinajstić information content (AvgIpc) is 3.44. The summed E-state index contributed by atoms with van der Waals surface area (Å²) in [6.45, 7) is 0. The largest absolute Gasteiger partial charge is 0.316 e. The third-order valence-electron chi connectivity index (χ3n) is 4.55. The Balaban J connectivity index is 1.47. The fourth-order valence-electron chi connectivity index (χ4n) is 3.04. The summed E-state index contributed by atoms with van der Waals surface area (Å²) < 4.78 is 0. The van der Waals surface area contributed by atoms with Crippen molar-refractivity contribution in [3.8, 4) is 11.3 Å². The van der Waals surface area contributed by atoms with Crippen LogP contribution in [0.25, 0.3) is 11.3 Å². The van der Waals surface area contributed by atoms with Gasteiger partial charge in [-0.2, -0.15) is 0 Å². The Hall–Kier alpha value is -3.24. The zero-order valence-electron chi connectivity index (χ0n) is 15.6. The molecule has 1 aliphatic rings. The molecule has 30 heavy (non-hydrogen) atoms. The van der Waals surface area contributed by atoms with E-state index in [1.165, 1.54) is 35.2 Å². The smallest absolute Gasteiger partial charge is 0.270 e. The van der Waals surface area contributed by atoms with E-state index in [0.717, 1.165) is 0 Å². The van der Waals surface area contributed by atoms with Crippen LogP contribution in [-0.2, 0) is 4.79 Å². The summed E-state index contributed by atoms with van der Waals surface area (Å²) in [6, 6.07) is 14.4. The number of benzene rings is 2. The summed E-state index contributed by atoms with van der Waals surface area (Å²) >= 11 is 2.75. The molecule has 1 aromatic heterocycles. The molecule has 0 spiro atoms. The predicted octanol–water partition coefficient (Wildman–Crippen LogP) is 3.87. The van der Waals surface area contributed by atoms with Crippen molar-refractivity contribution >= 4 is 45.7 Å². The third-order valence-corrected chi connectivity index (χ3v) is 6.32. The SMILES string of the molecule is O=C(Nc1nc(-c2cccc([N+](=O)[O-])c2)cs1)[C@@H]1CSCN1C(=O)c1ccccc1. The molecule has 10 heteroatoms. The van der Waals surface area contributed by atoms with Crippen LogP contribution in [0.5, 0.6) is 0 Å². The lowest BCUT2D eigenvalue weighted by Crippen LogP contribution is -2.44. The maximum atomic E-state index is 12.8. The Morgan fingerprint density at radius 2 is 1.97 bits per heavy atom. The molecular weight excluding hydrogens is 424 g/mol. The number of carbonyl (C=O) groups excluding carboxylic acids is 2. The van der Waals surface area contributed by atoms with Gasteiger partial charge in [0.05, 0.1) is 16.5 Å². The molecule has 1 N–H and O–H groups in total. The van der Waals surface area contributed by atoms with Gasteiger partial charge in [0.1, 0.15) is 6.04 Å². The third kappa shape index (κ3) is 4.19. The fourth-order valence-corrected chi connectivity index (χ4v) is 4.91. The number of rotatable bonds is 5. The van der Waals surface area contributed by atoms with Crippen LogP contribution in [0.4, 0.5) is 10.8 Å². The van der Waals surface area contributed by atoms with Gasteiger partial charge in [0.25, 0.3) is 11.6 Å². The maximum absolute atomic E-state index is 12.8. The molecule has 2 aromatic carbocycles. The molecule has 0 saturated carbocycles. The van der Waals surface area contributed by atoms with E-state index in [0.29, 0.717) is 33.6 Å². The number of nitro groups is 1. The zero-order valence-corrected chi connectivity index (χ0v) is 17.2. The monoisotopic (exact) mass is 440 g/mol. The second kappa shape index (κ2) is 8.64. The molecule has 0 bridgehead atoms. The van der Waals surface area contributed by atoms with Crippen LogP contribution in [0.3, 0.4) is 0 Å². The minimum Gasteiger partial charge on any atom is -0.316 e. The van der Waals surface area contributed by atoms with Gasteiger partial charge in [0, 0.05) is 34.4 Å². The number of nitrogens with one attached hydrogen (secondary N) is 1. The van der Waals surface area contributed by atoms with Crippen molar-refractivity contribution in [1.29, 1.82) is 0 Å². The van der Waals surface area contributed by atoms with Gasteiger partial charge in [0.15, 0.2) is 5.13 Å². The first-order valence-electron chi connectivity index (χ1n) is 8.98. The Morgan fingerprint density at radius 3 is 2.73 bits per heavy atom. The van der Waals surface area contributed by atoms with E-state index >= 15 is 0 Å². The molecule has 3 aromatic rings. The molecule has 152 valence electrons. The van der Waals surface area contributed by atoms with Crippen LogP contribution >= 0.6 is 23.1 Å². The van der Waals surface area contributed by atoms with Crippen LogP contribution in [0.1, 0.15) is 10.4 Å². The lowest BCUT2D eigenvalue weighted by atomic mass is 10.1. The number of amides is 2. The van der Waals surface area contributed by atoms with Gasteiger partial charge in [-0.25, -0.2) is 4.98 Å². The second-order valence-electron chi connectivity index (χ2n) is 6.49. The summed E-state index contributed by atoms with van der Waals surface area (Å²) in [6.07, 6.45) is 0. The summed E-state index contributed by atoms with van der Waals surface area (Å²) in [5.41, 5.74) is 1.65. The van der Waals surface area contributed by atoms with E-state index in [1.54, 1.807) is 46.7 Å². The minimum atomic E-state index is -0.590. The van der Waals surface area contributed by atoms with Gasteiger partial charge in [-0.3, -0.25) is 19.7 Å². The molecule has 0 aliphatic carbocycles. The maximum Gasteiger partial charge on any atom is 0.270 e. The number of hydrogen-bond acceptors (Lipinski definition) is 7. The number of non-ortho nitro benzene ring substituents is 1. The standard InChI is InChI=1S/C20H16N4O4S2/c25-18(17-11-29-12-23(17)19(26)13-5-2-1-3-6-13)22-20-21-16(10-30-20)14-7-4-8-15(9-14)24(27)28/h1-10,17H,11-12H2,(H,21,22,25)/t17-/m0/s1. The van der Waals surface area contributed by atoms with Gasteiger partial charge < -0.3 is 10.2 Å². The molecule has 4 rings (SSSR count). The first-order chi connectivity index (χ1) is 14.5. The van der Waals surface area contributed by atoms with Crippen LogP contribution in [0, 0.1) is 10.1 Å². The molecular formula is C20H16N4O4S2. The van der Waals surface area contributed by atoms with E-state index in [-0.39, 0.29) is 17.5 Å². The van der Waals surface area contributed by atoms with E-state index < -0.39 is 11.0 Å². The zero-order chi connectivity index (χ0) is 21.1. The van der Waals surface area contributed by atoms with Crippen molar-refractivity contribution in [2.45, 2.75) is 6.04 Å². The van der Waals surface area contributed by atoms with Crippen LogP contribution in [0.15, 0.2) is 60.0 Å². The molecule has 1 atom stereocenters. The van der Waals surface area contributed by atoms with E-state index in [2.05, 4.69) is 10.3 Å². The van der Waals surface area contributed by atoms with Crippen molar-refractivity contribution in [3.63, 3.8) is 0 Å². The minimum absolute atomic E-state index is 0.0240. The number of aromatic nitrogens is 1. The number of nitrogens with zero attached hydrogens (tertiary/aromatic N) is 3. The lowest BCUT2D eigenvalue weighted by Gasteiger charge is -2.22. The molecule has 1 fully saturated rings. The summed E-state index contributed by atoms with van der Waals surface area (Å²) in [7, 11) is 0. The Bertz CT molecular complexity index is 1100. The molecule has 2 heterocycles. The number of thioether (sulfide) groups is 1. The van der Waals surface area contributed by atoms with Crippen molar-refractivity contribution in [2.75, 3.05) is 16.9 Å². The number of nitro benzene ring substituents is 1. The van der Waals surface area contributed by atoms with Gasteiger partial charge in [0.2, 0.25) is 5.91 Å². The van der Waals surface area contributed by atoms with Gasteiger partial charge >= 0.3 is 0 Å². The van der Waals surface area contributed by atoms with Gasteiger partial charge in [-0.1, -0.05) is 30.3 Å². The summed E-state index contributed by atoms with van der Waals surface area (Å²) in [5, 5.41) is 15.8. The fraction of sp³-hybridized carbons (Fsp3) is 0.150. The van der Waals surface area contributed by atoms with Crippen molar-refractivity contribution in [3.05, 3.63) is 75.7 Å². The van der Waals surface area contributed by atoms with Crippen LogP contribution in [-0.4, -0.2) is 44.3 Å². The number of thiazole rings is 1. The van der Waals surface area contributed by atoms with Crippen molar-refractivity contribution in [2.24, 2.45) is 0 Å². The van der Waals surface area contributed by atoms with Crippen LogP contribution < -0.4 is 5.32 Å². The highest BCUT2D eigenvalue weighted by Gasteiger charge is 2.35. The highest BCUT2D eigenvalue weighted by Crippen LogP contribution is 2.29. The van der Waals surface area contributed by atoms with E-state index in [4.69, 9.17) is 0 Å². The number of hydrogen-bond donors (Lipinski definition) is 1. The van der Waals surface area contributed by atoms with Crippen molar-refractivity contribution < 1.29 is 14.5 Å². The molecule has 2 amide bonds. The first-order valence-corrected chi connectivity index (χ1v) is 11.0.